The first-order valence-corrected chi connectivity index (χ1v) is 10.1. The molecule has 2 rings (SSSR count). The predicted molar refractivity (Wildman–Crippen MR) is 115 cm³/mol. The summed E-state index contributed by atoms with van der Waals surface area (Å²) in [5.74, 6) is -1.08. The van der Waals surface area contributed by atoms with Crippen molar-refractivity contribution >= 4 is 5.97 Å². The molecule has 1 saturated carbocycles. The second-order valence-corrected chi connectivity index (χ2v) is 7.58. The SMILES string of the molecule is C.O=C(O)CCC/C=C\CC1C(O)CC(O)C1/C=C/C(O)CCc1ccccc1. The van der Waals surface area contributed by atoms with Gasteiger partial charge < -0.3 is 20.4 Å². The van der Waals surface area contributed by atoms with Crippen molar-refractivity contribution in [2.24, 2.45) is 11.8 Å². The zero-order valence-corrected chi connectivity index (χ0v) is 16.2. The number of aliphatic carboxylic acids is 1. The first-order chi connectivity index (χ1) is 13.5. The largest absolute Gasteiger partial charge is 0.481 e. The third kappa shape index (κ3) is 8.94. The van der Waals surface area contributed by atoms with Gasteiger partial charge in [0.1, 0.15) is 0 Å². The molecule has 1 fully saturated rings. The molecule has 0 saturated heterocycles. The molecule has 1 aromatic carbocycles. The summed E-state index contributed by atoms with van der Waals surface area (Å²) in [6.45, 7) is 0. The first kappa shape index (κ1) is 25.1. The lowest BCUT2D eigenvalue weighted by molar-refractivity contribution is -0.137. The van der Waals surface area contributed by atoms with E-state index in [4.69, 9.17) is 5.11 Å². The summed E-state index contributed by atoms with van der Waals surface area (Å²) in [4.78, 5) is 10.5. The van der Waals surface area contributed by atoms with Gasteiger partial charge in [0.2, 0.25) is 0 Å². The van der Waals surface area contributed by atoms with Crippen LogP contribution in [0.3, 0.4) is 0 Å². The van der Waals surface area contributed by atoms with Gasteiger partial charge in [-0.3, -0.25) is 4.79 Å². The number of rotatable bonds is 11. The number of carbonyl (C=O) groups is 1. The number of benzene rings is 1. The molecule has 1 aromatic rings. The molecule has 162 valence electrons. The third-order valence-corrected chi connectivity index (χ3v) is 5.38. The topological polar surface area (TPSA) is 98.0 Å². The monoisotopic (exact) mass is 404 g/mol. The van der Waals surface area contributed by atoms with Crippen LogP contribution in [0, 0.1) is 11.8 Å². The van der Waals surface area contributed by atoms with Crippen LogP contribution in [0.2, 0.25) is 0 Å². The smallest absolute Gasteiger partial charge is 0.303 e. The molecule has 5 heteroatoms. The number of unbranched alkanes of at least 4 members (excludes halogenated alkanes) is 1. The van der Waals surface area contributed by atoms with Crippen molar-refractivity contribution in [2.45, 2.75) is 70.7 Å². The minimum absolute atomic E-state index is 0. The second kappa shape index (κ2) is 13.3. The molecule has 5 unspecified atom stereocenters. The predicted octanol–water partition coefficient (Wildman–Crippen LogP) is 3.73. The van der Waals surface area contributed by atoms with E-state index in [-0.39, 0.29) is 25.7 Å². The second-order valence-electron chi connectivity index (χ2n) is 7.58. The van der Waals surface area contributed by atoms with Crippen LogP contribution in [0.1, 0.15) is 51.5 Å². The Bertz CT molecular complexity index is 640. The summed E-state index contributed by atoms with van der Waals surface area (Å²) in [6, 6.07) is 9.99. The Morgan fingerprint density at radius 1 is 1.14 bits per heavy atom. The van der Waals surface area contributed by atoms with Crippen molar-refractivity contribution in [3.8, 4) is 0 Å². The van der Waals surface area contributed by atoms with Gasteiger partial charge in [-0.1, -0.05) is 62.1 Å². The Labute approximate surface area is 174 Å². The molecule has 0 aromatic heterocycles. The standard InChI is InChI=1S/C23H32O5.CH4/c24-18(13-12-17-8-4-3-5-9-17)14-15-20-19(21(25)16-22(20)26)10-6-1-2-7-11-23(27)28;/h1,3-6,8-9,14-15,18-22,24-26H,2,7,10-13,16H2,(H,27,28);1H4/b6-1-,15-14+;. The molecule has 0 amide bonds. The maximum atomic E-state index is 10.5. The minimum atomic E-state index is -0.793. The van der Waals surface area contributed by atoms with Crippen LogP contribution in [0.15, 0.2) is 54.6 Å². The van der Waals surface area contributed by atoms with Gasteiger partial charge in [0.25, 0.3) is 0 Å². The third-order valence-electron chi connectivity index (χ3n) is 5.38. The lowest BCUT2D eigenvalue weighted by Gasteiger charge is -2.19. The molecule has 0 spiro atoms. The summed E-state index contributed by atoms with van der Waals surface area (Å²) >= 11 is 0. The highest BCUT2D eigenvalue weighted by atomic mass is 16.4. The van der Waals surface area contributed by atoms with Gasteiger partial charge in [0.15, 0.2) is 0 Å². The minimum Gasteiger partial charge on any atom is -0.481 e. The average molecular weight is 405 g/mol. The van der Waals surface area contributed by atoms with E-state index in [9.17, 15) is 20.1 Å². The highest BCUT2D eigenvalue weighted by Crippen LogP contribution is 2.36. The van der Waals surface area contributed by atoms with Crippen LogP contribution in [0.25, 0.3) is 0 Å². The van der Waals surface area contributed by atoms with E-state index in [1.807, 2.05) is 48.6 Å². The highest BCUT2D eigenvalue weighted by molar-refractivity contribution is 5.66. The number of hydrogen-bond acceptors (Lipinski definition) is 4. The number of carboxylic acids is 1. The number of hydrogen-bond donors (Lipinski definition) is 4. The lowest BCUT2D eigenvalue weighted by Crippen LogP contribution is -2.20. The van der Waals surface area contributed by atoms with Crippen LogP contribution in [0.5, 0.6) is 0 Å². The van der Waals surface area contributed by atoms with Crippen molar-refractivity contribution in [3.05, 3.63) is 60.2 Å². The molecule has 0 radical (unpaired) electrons. The Morgan fingerprint density at radius 2 is 1.86 bits per heavy atom. The van der Waals surface area contributed by atoms with E-state index in [2.05, 4.69) is 0 Å². The van der Waals surface area contributed by atoms with E-state index in [0.717, 1.165) is 6.42 Å². The maximum absolute atomic E-state index is 10.5. The molecule has 1 aliphatic rings. The normalized spacial score (nSPS) is 25.3. The Kier molecular flexibility index (Phi) is 11.5. The van der Waals surface area contributed by atoms with Gasteiger partial charge in [0, 0.05) is 18.8 Å². The van der Waals surface area contributed by atoms with Crippen molar-refractivity contribution < 1.29 is 25.2 Å². The fourth-order valence-corrected chi connectivity index (χ4v) is 3.76. The fraction of sp³-hybridized carbons (Fsp3) is 0.542. The lowest BCUT2D eigenvalue weighted by atomic mass is 9.89. The molecular weight excluding hydrogens is 368 g/mol. The highest BCUT2D eigenvalue weighted by Gasteiger charge is 2.39. The van der Waals surface area contributed by atoms with Gasteiger partial charge >= 0.3 is 5.97 Å². The summed E-state index contributed by atoms with van der Waals surface area (Å²) in [5, 5.41) is 39.4. The number of aliphatic hydroxyl groups is 3. The van der Waals surface area contributed by atoms with Crippen LogP contribution < -0.4 is 0 Å². The van der Waals surface area contributed by atoms with Gasteiger partial charge in [-0.05, 0) is 43.6 Å². The molecule has 5 atom stereocenters. The van der Waals surface area contributed by atoms with Crippen LogP contribution in [-0.2, 0) is 11.2 Å². The van der Waals surface area contributed by atoms with E-state index in [1.165, 1.54) is 5.56 Å². The van der Waals surface area contributed by atoms with Crippen molar-refractivity contribution in [1.82, 2.24) is 0 Å². The molecule has 4 N–H and O–H groups in total. The first-order valence-electron chi connectivity index (χ1n) is 10.1. The number of aryl methyl sites for hydroxylation is 1. The Balaban J connectivity index is 0.00000420. The summed E-state index contributed by atoms with van der Waals surface area (Å²) in [7, 11) is 0. The van der Waals surface area contributed by atoms with E-state index < -0.39 is 24.3 Å². The summed E-state index contributed by atoms with van der Waals surface area (Å²) < 4.78 is 0. The fourth-order valence-electron chi connectivity index (χ4n) is 3.76. The van der Waals surface area contributed by atoms with Crippen molar-refractivity contribution in [3.63, 3.8) is 0 Å². The molecule has 0 bridgehead atoms. The number of aliphatic hydroxyl groups excluding tert-OH is 3. The van der Waals surface area contributed by atoms with E-state index in [0.29, 0.717) is 32.1 Å². The maximum Gasteiger partial charge on any atom is 0.303 e. The van der Waals surface area contributed by atoms with Gasteiger partial charge in [-0.15, -0.1) is 0 Å². The van der Waals surface area contributed by atoms with E-state index >= 15 is 0 Å². The molecule has 0 heterocycles. The number of carboxylic acid groups (broad SMARTS) is 1. The average Bonchev–Trinajstić information content (AvgIpc) is 2.94. The molecule has 29 heavy (non-hydrogen) atoms. The molecular formula is C24H36O5. The van der Waals surface area contributed by atoms with Crippen LogP contribution in [0.4, 0.5) is 0 Å². The van der Waals surface area contributed by atoms with Gasteiger partial charge in [0.05, 0.1) is 18.3 Å². The van der Waals surface area contributed by atoms with Crippen molar-refractivity contribution in [2.75, 3.05) is 0 Å². The van der Waals surface area contributed by atoms with Crippen LogP contribution >= 0.6 is 0 Å². The molecule has 0 aliphatic heterocycles. The zero-order valence-electron chi connectivity index (χ0n) is 16.2. The van der Waals surface area contributed by atoms with Crippen molar-refractivity contribution in [1.29, 1.82) is 0 Å². The molecule has 1 aliphatic carbocycles. The number of allylic oxidation sites excluding steroid dienone is 2. The summed E-state index contributed by atoms with van der Waals surface area (Å²) in [5.41, 5.74) is 1.18. The van der Waals surface area contributed by atoms with Gasteiger partial charge in [-0.25, -0.2) is 0 Å². The van der Waals surface area contributed by atoms with E-state index in [1.54, 1.807) is 6.08 Å². The van der Waals surface area contributed by atoms with Crippen LogP contribution in [-0.4, -0.2) is 44.7 Å². The summed E-state index contributed by atoms with van der Waals surface area (Å²) in [6.07, 6.45) is 9.51. The van der Waals surface area contributed by atoms with Gasteiger partial charge in [-0.2, -0.15) is 0 Å². The molecule has 5 nitrogen and oxygen atoms in total. The Morgan fingerprint density at radius 3 is 2.55 bits per heavy atom. The zero-order chi connectivity index (χ0) is 20.4. The Hall–Kier alpha value is -1.95. The quantitative estimate of drug-likeness (QED) is 0.333.